The van der Waals surface area contributed by atoms with Crippen molar-refractivity contribution in [2.75, 3.05) is 19.0 Å². The minimum Gasteiger partial charge on any atom is -0.492 e. The van der Waals surface area contributed by atoms with Crippen LogP contribution in [0.2, 0.25) is 0 Å². The molecular weight excluding hydrogens is 316 g/mol. The lowest BCUT2D eigenvalue weighted by Crippen LogP contribution is -2.47. The largest absolute Gasteiger partial charge is 0.492 e. The lowest BCUT2D eigenvalue weighted by molar-refractivity contribution is -0.143. The highest BCUT2D eigenvalue weighted by Crippen LogP contribution is 2.36. The van der Waals surface area contributed by atoms with Crippen LogP contribution in [0.15, 0.2) is 18.2 Å². The summed E-state index contributed by atoms with van der Waals surface area (Å²) in [6.45, 7) is 6.80. The first kappa shape index (κ1) is 19.3. The second-order valence-corrected chi connectivity index (χ2v) is 7.38. The van der Waals surface area contributed by atoms with E-state index in [1.165, 1.54) is 0 Å². The van der Waals surface area contributed by atoms with E-state index < -0.39 is 5.60 Å². The molecule has 1 amide bonds. The van der Waals surface area contributed by atoms with E-state index in [4.69, 9.17) is 9.47 Å². The van der Waals surface area contributed by atoms with E-state index in [1.54, 1.807) is 25.3 Å². The number of benzene rings is 1. The third-order valence-electron chi connectivity index (χ3n) is 4.69. The highest BCUT2D eigenvalue weighted by Gasteiger charge is 2.42. The van der Waals surface area contributed by atoms with E-state index in [2.05, 4.69) is 32.2 Å². The number of amides is 1. The monoisotopic (exact) mass is 344 g/mol. The van der Waals surface area contributed by atoms with Crippen LogP contribution in [0.3, 0.4) is 0 Å². The van der Waals surface area contributed by atoms with Crippen LogP contribution in [0.4, 0.5) is 5.69 Å². The molecule has 1 saturated carbocycles. The number of methoxy groups -OCH3 is 1. The minimum absolute atomic E-state index is 0.138. The molecule has 0 heterocycles. The molecule has 1 aromatic carbocycles. The topological polar surface area (TPSA) is 71.3 Å². The second-order valence-electron chi connectivity index (χ2n) is 7.38. The van der Waals surface area contributed by atoms with Gasteiger partial charge < -0.3 is 14.8 Å². The van der Waals surface area contributed by atoms with Crippen LogP contribution in [0.5, 0.6) is 5.75 Å². The van der Waals surface area contributed by atoms with Crippen LogP contribution in [-0.2, 0) is 9.53 Å². The highest BCUT2D eigenvalue weighted by atomic mass is 16.5. The van der Waals surface area contributed by atoms with Crippen molar-refractivity contribution >= 4 is 11.6 Å². The van der Waals surface area contributed by atoms with Crippen molar-refractivity contribution in [2.45, 2.75) is 52.1 Å². The van der Waals surface area contributed by atoms with Gasteiger partial charge in [0.05, 0.1) is 12.2 Å². The Morgan fingerprint density at radius 1 is 1.48 bits per heavy atom. The summed E-state index contributed by atoms with van der Waals surface area (Å²) in [5.41, 5.74) is 0.229. The van der Waals surface area contributed by atoms with Gasteiger partial charge in [0.15, 0.2) is 0 Å². The molecule has 0 bridgehead atoms. The number of rotatable bonds is 6. The molecule has 2 atom stereocenters. The zero-order valence-corrected chi connectivity index (χ0v) is 15.6. The van der Waals surface area contributed by atoms with E-state index in [1.807, 2.05) is 0 Å². The maximum atomic E-state index is 12.8. The Morgan fingerprint density at radius 3 is 2.84 bits per heavy atom. The molecule has 0 spiro atoms. The predicted molar refractivity (Wildman–Crippen MR) is 97.5 cm³/mol. The van der Waals surface area contributed by atoms with Crippen LogP contribution < -0.4 is 10.1 Å². The third kappa shape index (κ3) is 4.73. The smallest absolute Gasteiger partial charge is 0.256 e. The number of ether oxygens (including phenoxy) is 2. The molecule has 0 aliphatic heterocycles. The number of nitrogens with zero attached hydrogens (tertiary/aromatic N) is 1. The van der Waals surface area contributed by atoms with Crippen molar-refractivity contribution in [1.82, 2.24) is 0 Å². The highest BCUT2D eigenvalue weighted by molar-refractivity contribution is 5.97. The lowest BCUT2D eigenvalue weighted by atomic mass is 9.78. The number of hydrogen-bond acceptors (Lipinski definition) is 4. The maximum Gasteiger partial charge on any atom is 0.256 e. The van der Waals surface area contributed by atoms with Crippen molar-refractivity contribution in [2.24, 2.45) is 11.8 Å². The summed E-state index contributed by atoms with van der Waals surface area (Å²) in [6, 6.07) is 7.29. The molecule has 2 rings (SSSR count). The first-order valence-electron chi connectivity index (χ1n) is 8.93. The average molecular weight is 344 g/mol. The zero-order valence-electron chi connectivity index (χ0n) is 15.6. The summed E-state index contributed by atoms with van der Waals surface area (Å²) >= 11 is 0. The standard InChI is InChI=1S/C20H28N2O3/c1-14(2)13-25-18-8-7-17(10-16(18)12-21)22-19(23)20(24-4)9-5-6-15(3)11-20/h7-8,10,14-15H,5-6,9,11,13H2,1-4H3,(H,22,23). The van der Waals surface area contributed by atoms with Gasteiger partial charge in [-0.2, -0.15) is 5.26 Å². The number of nitriles is 1. The summed E-state index contributed by atoms with van der Waals surface area (Å²) in [5.74, 6) is 1.24. The number of hydrogen-bond donors (Lipinski definition) is 1. The molecule has 5 nitrogen and oxygen atoms in total. The van der Waals surface area contributed by atoms with Gasteiger partial charge in [-0.05, 0) is 49.3 Å². The Bertz CT molecular complexity index is 651. The van der Waals surface area contributed by atoms with Crippen molar-refractivity contribution in [3.05, 3.63) is 23.8 Å². The molecule has 25 heavy (non-hydrogen) atoms. The van der Waals surface area contributed by atoms with Gasteiger partial charge in [0.1, 0.15) is 17.4 Å². The Kier molecular flexibility index (Phi) is 6.44. The van der Waals surface area contributed by atoms with Gasteiger partial charge in [-0.3, -0.25) is 4.79 Å². The molecule has 2 unspecified atom stereocenters. The van der Waals surface area contributed by atoms with Gasteiger partial charge in [-0.1, -0.05) is 27.2 Å². The van der Waals surface area contributed by atoms with Crippen molar-refractivity contribution < 1.29 is 14.3 Å². The lowest BCUT2D eigenvalue weighted by Gasteiger charge is -2.37. The van der Waals surface area contributed by atoms with Gasteiger partial charge in [0, 0.05) is 12.8 Å². The van der Waals surface area contributed by atoms with Gasteiger partial charge in [-0.15, -0.1) is 0 Å². The SMILES string of the molecule is COC1(C(=O)Nc2ccc(OCC(C)C)c(C#N)c2)CCCC(C)C1. The minimum atomic E-state index is -0.780. The first-order chi connectivity index (χ1) is 11.9. The zero-order chi connectivity index (χ0) is 18.4. The van der Waals surface area contributed by atoms with E-state index in [9.17, 15) is 10.1 Å². The Hall–Kier alpha value is -2.06. The third-order valence-corrected chi connectivity index (χ3v) is 4.69. The second kappa shape index (κ2) is 8.35. The van der Waals surface area contributed by atoms with Gasteiger partial charge in [-0.25, -0.2) is 0 Å². The van der Waals surface area contributed by atoms with E-state index >= 15 is 0 Å². The van der Waals surface area contributed by atoms with Crippen molar-refractivity contribution in [1.29, 1.82) is 5.26 Å². The summed E-state index contributed by atoms with van der Waals surface area (Å²) in [7, 11) is 1.60. The van der Waals surface area contributed by atoms with Crippen LogP contribution in [0, 0.1) is 23.2 Å². The quantitative estimate of drug-likeness (QED) is 0.842. The maximum absolute atomic E-state index is 12.8. The molecule has 1 fully saturated rings. The van der Waals surface area contributed by atoms with Crippen LogP contribution in [0.25, 0.3) is 0 Å². The van der Waals surface area contributed by atoms with Crippen molar-refractivity contribution in [3.8, 4) is 11.8 Å². The van der Waals surface area contributed by atoms with Crippen LogP contribution >= 0.6 is 0 Å². The van der Waals surface area contributed by atoms with E-state index in [0.29, 0.717) is 35.4 Å². The summed E-state index contributed by atoms with van der Waals surface area (Å²) in [5, 5.41) is 12.3. The molecule has 5 heteroatoms. The predicted octanol–water partition coefficient (Wildman–Crippen LogP) is 4.13. The first-order valence-corrected chi connectivity index (χ1v) is 8.93. The molecule has 0 aromatic heterocycles. The normalized spacial score (nSPS) is 23.1. The Balaban J connectivity index is 2.13. The van der Waals surface area contributed by atoms with Gasteiger partial charge in [0.2, 0.25) is 0 Å². The number of carbonyl (C=O) groups excluding carboxylic acids is 1. The molecule has 1 aromatic rings. The fourth-order valence-corrected chi connectivity index (χ4v) is 3.31. The summed E-state index contributed by atoms with van der Waals surface area (Å²) in [6.07, 6.45) is 3.54. The van der Waals surface area contributed by atoms with E-state index in [-0.39, 0.29) is 5.91 Å². The van der Waals surface area contributed by atoms with Crippen molar-refractivity contribution in [3.63, 3.8) is 0 Å². The molecule has 0 radical (unpaired) electrons. The van der Waals surface area contributed by atoms with Gasteiger partial charge >= 0.3 is 0 Å². The molecular formula is C20H28N2O3. The molecule has 1 N–H and O–H groups in total. The van der Waals surface area contributed by atoms with Crippen LogP contribution in [0.1, 0.15) is 52.0 Å². The average Bonchev–Trinajstić information content (AvgIpc) is 2.60. The Labute approximate surface area is 150 Å². The fraction of sp³-hybridized carbons (Fsp3) is 0.600. The molecule has 1 aliphatic carbocycles. The number of anilines is 1. The summed E-state index contributed by atoms with van der Waals surface area (Å²) in [4.78, 5) is 12.8. The Morgan fingerprint density at radius 2 is 2.24 bits per heavy atom. The number of nitrogens with one attached hydrogen (secondary N) is 1. The van der Waals surface area contributed by atoms with Crippen LogP contribution in [-0.4, -0.2) is 25.2 Å². The fourth-order valence-electron chi connectivity index (χ4n) is 3.31. The summed E-state index contributed by atoms with van der Waals surface area (Å²) < 4.78 is 11.3. The number of carbonyl (C=O) groups is 1. The molecule has 136 valence electrons. The van der Waals surface area contributed by atoms with Gasteiger partial charge in [0.25, 0.3) is 5.91 Å². The van der Waals surface area contributed by atoms with E-state index in [0.717, 1.165) is 25.7 Å². The molecule has 1 aliphatic rings. The molecule has 0 saturated heterocycles.